The zero-order valence-corrected chi connectivity index (χ0v) is 13.3. The van der Waals surface area contributed by atoms with Crippen LogP contribution in [0, 0.1) is 0 Å². The molecule has 0 N–H and O–H groups in total. The number of hydrogen-bond acceptors (Lipinski definition) is 0. The van der Waals surface area contributed by atoms with Crippen molar-refractivity contribution in [2.24, 2.45) is 0 Å². The van der Waals surface area contributed by atoms with Crippen LogP contribution in [-0.4, -0.2) is 0 Å². The van der Waals surface area contributed by atoms with Crippen LogP contribution in [0.1, 0.15) is 75.1 Å². The van der Waals surface area contributed by atoms with Crippen LogP contribution in [0.4, 0.5) is 0 Å². The molecule has 0 aliphatic heterocycles. The van der Waals surface area contributed by atoms with Gasteiger partial charge in [0.2, 0.25) is 0 Å². The summed E-state index contributed by atoms with van der Waals surface area (Å²) in [4.78, 5) is 0.541. The Bertz CT molecular complexity index is 281. The third-order valence-electron chi connectivity index (χ3n) is 3.47. The molecule has 0 heterocycles. The van der Waals surface area contributed by atoms with E-state index in [4.69, 9.17) is 0 Å². The Morgan fingerprint density at radius 2 is 1.39 bits per heavy atom. The summed E-state index contributed by atoms with van der Waals surface area (Å²) >= 11 is 3.79. The normalized spacial score (nSPS) is 12.6. The first-order chi connectivity index (χ1) is 8.84. The predicted molar refractivity (Wildman–Crippen MR) is 85.3 cm³/mol. The number of hydrogen-bond donors (Lipinski definition) is 0. The van der Waals surface area contributed by atoms with Gasteiger partial charge in [0.25, 0.3) is 0 Å². The third-order valence-corrected chi connectivity index (χ3v) is 4.46. The summed E-state index contributed by atoms with van der Waals surface area (Å²) in [6.07, 6.45) is 12.5. The minimum absolute atomic E-state index is 0.541. The average molecular weight is 311 g/mol. The fourth-order valence-electron chi connectivity index (χ4n) is 2.29. The van der Waals surface area contributed by atoms with E-state index in [2.05, 4.69) is 53.2 Å². The topological polar surface area (TPSA) is 0 Å². The molecule has 18 heavy (non-hydrogen) atoms. The molecule has 0 nitrogen and oxygen atoms in total. The summed E-state index contributed by atoms with van der Waals surface area (Å²) in [5, 5.41) is 0. The molecule has 0 saturated heterocycles. The van der Waals surface area contributed by atoms with Crippen molar-refractivity contribution in [1.82, 2.24) is 0 Å². The lowest BCUT2D eigenvalue weighted by atomic mass is 10.0. The molecule has 0 radical (unpaired) electrons. The van der Waals surface area contributed by atoms with E-state index in [0.717, 1.165) is 0 Å². The number of halogens is 1. The standard InChI is InChI=1S/C17H27Br/c1-2-3-4-5-6-7-8-12-15-17(18)16-13-10-9-11-14-16/h9-11,13-14,17H,2-8,12,15H2,1H3/t17-/m0/s1. The van der Waals surface area contributed by atoms with Crippen molar-refractivity contribution < 1.29 is 0 Å². The van der Waals surface area contributed by atoms with E-state index in [9.17, 15) is 0 Å². The van der Waals surface area contributed by atoms with Gasteiger partial charge in [-0.25, -0.2) is 0 Å². The van der Waals surface area contributed by atoms with E-state index in [1.54, 1.807) is 0 Å². The third kappa shape index (κ3) is 7.20. The van der Waals surface area contributed by atoms with Gasteiger partial charge >= 0.3 is 0 Å². The van der Waals surface area contributed by atoms with Crippen molar-refractivity contribution in [3.05, 3.63) is 35.9 Å². The predicted octanol–water partition coefficient (Wildman–Crippen LogP) is 6.65. The Hall–Kier alpha value is -0.300. The van der Waals surface area contributed by atoms with Crippen LogP contribution < -0.4 is 0 Å². The van der Waals surface area contributed by atoms with E-state index in [-0.39, 0.29) is 0 Å². The van der Waals surface area contributed by atoms with Gasteiger partial charge in [-0.05, 0) is 12.0 Å². The Kier molecular flexibility index (Phi) is 9.28. The largest absolute Gasteiger partial charge is 0.0839 e. The Balaban J connectivity index is 1.98. The second kappa shape index (κ2) is 10.6. The highest BCUT2D eigenvalue weighted by atomic mass is 79.9. The lowest BCUT2D eigenvalue weighted by molar-refractivity contribution is 0.564. The molecular formula is C17H27Br. The molecular weight excluding hydrogens is 284 g/mol. The number of benzene rings is 1. The van der Waals surface area contributed by atoms with Gasteiger partial charge in [-0.3, -0.25) is 0 Å². The van der Waals surface area contributed by atoms with Crippen molar-refractivity contribution >= 4 is 15.9 Å². The summed E-state index contributed by atoms with van der Waals surface area (Å²) in [6, 6.07) is 10.8. The first-order valence-corrected chi connectivity index (χ1v) is 8.45. The van der Waals surface area contributed by atoms with Gasteiger partial charge in [0, 0.05) is 4.83 Å². The summed E-state index contributed by atoms with van der Waals surface area (Å²) in [7, 11) is 0. The minimum Gasteiger partial charge on any atom is -0.0839 e. The maximum Gasteiger partial charge on any atom is 0.0395 e. The molecule has 0 unspecified atom stereocenters. The van der Waals surface area contributed by atoms with E-state index in [1.807, 2.05) is 0 Å². The van der Waals surface area contributed by atoms with E-state index in [1.165, 1.54) is 63.4 Å². The van der Waals surface area contributed by atoms with Crippen molar-refractivity contribution in [2.75, 3.05) is 0 Å². The van der Waals surface area contributed by atoms with Gasteiger partial charge in [-0.1, -0.05) is 105 Å². The fourth-order valence-corrected chi connectivity index (χ4v) is 2.91. The Labute approximate surface area is 121 Å². The Morgan fingerprint density at radius 1 is 0.833 bits per heavy atom. The zero-order valence-electron chi connectivity index (χ0n) is 11.7. The van der Waals surface area contributed by atoms with Gasteiger partial charge in [0.05, 0.1) is 0 Å². The SMILES string of the molecule is CCCCCCCCCC[C@H](Br)c1ccccc1. The summed E-state index contributed by atoms with van der Waals surface area (Å²) in [6.45, 7) is 2.28. The van der Waals surface area contributed by atoms with Crippen LogP contribution in [0.15, 0.2) is 30.3 Å². The molecule has 0 fully saturated rings. The number of rotatable bonds is 10. The van der Waals surface area contributed by atoms with E-state index in [0.29, 0.717) is 4.83 Å². The first-order valence-electron chi connectivity index (χ1n) is 7.53. The van der Waals surface area contributed by atoms with Crippen molar-refractivity contribution in [3.8, 4) is 0 Å². The van der Waals surface area contributed by atoms with Crippen LogP contribution >= 0.6 is 15.9 Å². The minimum atomic E-state index is 0.541. The smallest absolute Gasteiger partial charge is 0.0395 e. The maximum atomic E-state index is 3.79. The first kappa shape index (κ1) is 15.8. The highest BCUT2D eigenvalue weighted by Gasteiger charge is 2.05. The molecule has 0 spiro atoms. The van der Waals surface area contributed by atoms with Crippen LogP contribution in [-0.2, 0) is 0 Å². The van der Waals surface area contributed by atoms with Gasteiger partial charge < -0.3 is 0 Å². The fraction of sp³-hybridized carbons (Fsp3) is 0.647. The summed E-state index contributed by atoms with van der Waals surface area (Å²) < 4.78 is 0. The molecule has 1 aromatic rings. The van der Waals surface area contributed by atoms with Crippen molar-refractivity contribution in [2.45, 2.75) is 69.5 Å². The molecule has 0 amide bonds. The quantitative estimate of drug-likeness (QED) is 0.335. The Morgan fingerprint density at radius 3 is 2.00 bits per heavy atom. The maximum absolute atomic E-state index is 3.79. The highest BCUT2D eigenvalue weighted by molar-refractivity contribution is 9.09. The molecule has 1 aromatic carbocycles. The lowest BCUT2D eigenvalue weighted by Gasteiger charge is -2.09. The van der Waals surface area contributed by atoms with Gasteiger partial charge in [-0.2, -0.15) is 0 Å². The lowest BCUT2D eigenvalue weighted by Crippen LogP contribution is -1.90. The number of alkyl halides is 1. The molecule has 102 valence electrons. The van der Waals surface area contributed by atoms with Gasteiger partial charge in [0.1, 0.15) is 0 Å². The summed E-state index contributed by atoms with van der Waals surface area (Å²) in [5.41, 5.74) is 1.42. The second-order valence-electron chi connectivity index (χ2n) is 5.14. The molecule has 0 aliphatic rings. The van der Waals surface area contributed by atoms with Gasteiger partial charge in [0.15, 0.2) is 0 Å². The molecule has 1 heteroatoms. The highest BCUT2D eigenvalue weighted by Crippen LogP contribution is 2.28. The molecule has 0 aromatic heterocycles. The van der Waals surface area contributed by atoms with Crippen molar-refractivity contribution in [3.63, 3.8) is 0 Å². The second-order valence-corrected chi connectivity index (χ2v) is 6.25. The average Bonchev–Trinajstić information content (AvgIpc) is 2.42. The van der Waals surface area contributed by atoms with E-state index < -0.39 is 0 Å². The molecule has 1 atom stereocenters. The molecule has 0 saturated carbocycles. The molecule has 0 aliphatic carbocycles. The zero-order chi connectivity index (χ0) is 13.1. The van der Waals surface area contributed by atoms with Crippen LogP contribution in [0.2, 0.25) is 0 Å². The molecule has 0 bridgehead atoms. The van der Waals surface area contributed by atoms with Gasteiger partial charge in [-0.15, -0.1) is 0 Å². The monoisotopic (exact) mass is 310 g/mol. The summed E-state index contributed by atoms with van der Waals surface area (Å²) in [5.74, 6) is 0. The number of unbranched alkanes of at least 4 members (excludes halogenated alkanes) is 7. The van der Waals surface area contributed by atoms with Crippen LogP contribution in [0.25, 0.3) is 0 Å². The molecule has 1 rings (SSSR count). The van der Waals surface area contributed by atoms with Crippen LogP contribution in [0.5, 0.6) is 0 Å². The van der Waals surface area contributed by atoms with E-state index >= 15 is 0 Å². The van der Waals surface area contributed by atoms with Crippen LogP contribution in [0.3, 0.4) is 0 Å². The van der Waals surface area contributed by atoms with Crippen molar-refractivity contribution in [1.29, 1.82) is 0 Å².